The summed E-state index contributed by atoms with van der Waals surface area (Å²) in [6, 6.07) is 13.3. The Morgan fingerprint density at radius 3 is 2.42 bits per heavy atom. The highest BCUT2D eigenvalue weighted by molar-refractivity contribution is 8.00. The van der Waals surface area contributed by atoms with Crippen molar-refractivity contribution in [3.8, 4) is 0 Å². The topological polar surface area (TPSA) is 101 Å². The van der Waals surface area contributed by atoms with E-state index in [1.54, 1.807) is 36.4 Å². The highest BCUT2D eigenvalue weighted by atomic mass is 32.2. The van der Waals surface area contributed by atoms with Crippen LogP contribution in [0.5, 0.6) is 0 Å². The Morgan fingerprint density at radius 1 is 1.12 bits per heavy atom. The van der Waals surface area contributed by atoms with Gasteiger partial charge in [-0.1, -0.05) is 18.2 Å². The molecule has 0 bridgehead atoms. The maximum Gasteiger partial charge on any atom is 0.269 e. The third-order valence-corrected chi connectivity index (χ3v) is 4.68. The molecule has 136 valence electrons. The number of nitrogens with one attached hydrogen (secondary N) is 2. The smallest absolute Gasteiger partial charge is 0.269 e. The van der Waals surface area contributed by atoms with Gasteiger partial charge in [0.05, 0.1) is 10.7 Å². The molecule has 2 amide bonds. The number of benzene rings is 2. The minimum Gasteiger partial charge on any atom is -0.326 e. The first-order chi connectivity index (χ1) is 12.3. The highest BCUT2D eigenvalue weighted by Gasteiger charge is 2.13. The number of hydrogen-bond acceptors (Lipinski definition) is 5. The van der Waals surface area contributed by atoms with E-state index in [4.69, 9.17) is 0 Å². The summed E-state index contributed by atoms with van der Waals surface area (Å²) in [6.45, 7) is 3.31. The summed E-state index contributed by atoms with van der Waals surface area (Å²) in [6.07, 6.45) is 0. The fourth-order valence-corrected chi connectivity index (χ4v) is 3.08. The minimum absolute atomic E-state index is 0.0363. The van der Waals surface area contributed by atoms with Crippen molar-refractivity contribution in [2.24, 2.45) is 0 Å². The van der Waals surface area contributed by atoms with Crippen molar-refractivity contribution in [2.45, 2.75) is 19.1 Å². The van der Waals surface area contributed by atoms with Crippen molar-refractivity contribution in [1.82, 2.24) is 0 Å². The number of non-ortho nitro benzene ring substituents is 1. The van der Waals surface area contributed by atoms with Crippen molar-refractivity contribution in [1.29, 1.82) is 0 Å². The van der Waals surface area contributed by atoms with Crippen LogP contribution in [0, 0.1) is 10.1 Å². The third-order valence-electron chi connectivity index (χ3n) is 3.48. The molecule has 2 rings (SSSR count). The molecular formula is C18H19N3O4S. The molecule has 0 aliphatic rings. The molecule has 0 aliphatic heterocycles. The Hall–Kier alpha value is -2.87. The Balaban J connectivity index is 1.91. The zero-order chi connectivity index (χ0) is 19.1. The van der Waals surface area contributed by atoms with Gasteiger partial charge in [0.1, 0.15) is 0 Å². The molecule has 8 heteroatoms. The fourth-order valence-electron chi connectivity index (χ4n) is 2.26. The zero-order valence-corrected chi connectivity index (χ0v) is 15.2. The van der Waals surface area contributed by atoms with E-state index in [0.29, 0.717) is 11.4 Å². The molecule has 2 aromatic rings. The van der Waals surface area contributed by atoms with Gasteiger partial charge in [0.15, 0.2) is 0 Å². The summed E-state index contributed by atoms with van der Waals surface area (Å²) in [5, 5.41) is 16.2. The lowest BCUT2D eigenvalue weighted by molar-refractivity contribution is -0.384. The predicted octanol–water partition coefficient (Wildman–Crippen LogP) is 3.99. The molecule has 0 fully saturated rings. The average molecular weight is 373 g/mol. The van der Waals surface area contributed by atoms with E-state index >= 15 is 0 Å². The van der Waals surface area contributed by atoms with E-state index < -0.39 is 4.92 Å². The van der Waals surface area contributed by atoms with Crippen LogP contribution in [0.2, 0.25) is 0 Å². The van der Waals surface area contributed by atoms with Crippen LogP contribution in [0.15, 0.2) is 48.5 Å². The maximum atomic E-state index is 12.1. The van der Waals surface area contributed by atoms with E-state index in [1.165, 1.54) is 30.8 Å². The van der Waals surface area contributed by atoms with E-state index in [2.05, 4.69) is 10.6 Å². The average Bonchev–Trinajstić information content (AvgIpc) is 2.59. The van der Waals surface area contributed by atoms with Crippen LogP contribution in [-0.4, -0.2) is 22.5 Å². The quantitative estimate of drug-likeness (QED) is 0.564. The van der Waals surface area contributed by atoms with Crippen LogP contribution in [0.25, 0.3) is 0 Å². The van der Waals surface area contributed by atoms with Crippen molar-refractivity contribution in [3.05, 3.63) is 64.2 Å². The first kappa shape index (κ1) is 19.5. The number of anilines is 2. The number of nitro groups is 1. The van der Waals surface area contributed by atoms with Crippen LogP contribution in [0.1, 0.15) is 24.7 Å². The van der Waals surface area contributed by atoms with Gasteiger partial charge in [-0.2, -0.15) is 0 Å². The molecule has 0 saturated heterocycles. The normalized spacial score (nSPS) is 11.5. The molecule has 26 heavy (non-hydrogen) atoms. The van der Waals surface area contributed by atoms with Crippen LogP contribution >= 0.6 is 11.8 Å². The van der Waals surface area contributed by atoms with Gasteiger partial charge in [-0.05, 0) is 30.7 Å². The van der Waals surface area contributed by atoms with Crippen LogP contribution in [-0.2, 0) is 9.59 Å². The Kier molecular flexibility index (Phi) is 6.74. The van der Waals surface area contributed by atoms with Crippen LogP contribution in [0.3, 0.4) is 0 Å². The van der Waals surface area contributed by atoms with E-state index in [-0.39, 0.29) is 28.5 Å². The number of rotatable bonds is 7. The maximum absolute atomic E-state index is 12.1. The highest BCUT2D eigenvalue weighted by Crippen LogP contribution is 2.30. The number of thioether (sulfide) groups is 1. The zero-order valence-electron chi connectivity index (χ0n) is 14.4. The Labute approximate surface area is 155 Å². The van der Waals surface area contributed by atoms with Gasteiger partial charge in [0.25, 0.3) is 5.69 Å². The summed E-state index contributed by atoms with van der Waals surface area (Å²) in [4.78, 5) is 33.6. The molecule has 0 spiro atoms. The number of carbonyl (C=O) groups excluding carboxylic acids is 2. The molecule has 0 aromatic heterocycles. The molecular weight excluding hydrogens is 354 g/mol. The van der Waals surface area contributed by atoms with Gasteiger partial charge in [-0.3, -0.25) is 19.7 Å². The summed E-state index contributed by atoms with van der Waals surface area (Å²) >= 11 is 1.39. The predicted molar refractivity (Wildman–Crippen MR) is 103 cm³/mol. The molecule has 0 aliphatic carbocycles. The molecule has 7 nitrogen and oxygen atoms in total. The van der Waals surface area contributed by atoms with Crippen molar-refractivity contribution in [3.63, 3.8) is 0 Å². The first-order valence-corrected chi connectivity index (χ1v) is 8.93. The molecule has 2 aromatic carbocycles. The third kappa shape index (κ3) is 5.89. The summed E-state index contributed by atoms with van der Waals surface area (Å²) in [7, 11) is 0. The van der Waals surface area contributed by atoms with E-state index in [0.717, 1.165) is 5.56 Å². The second kappa shape index (κ2) is 9.00. The minimum atomic E-state index is -0.435. The largest absolute Gasteiger partial charge is 0.326 e. The number of hydrogen-bond donors (Lipinski definition) is 2. The van der Waals surface area contributed by atoms with Crippen LogP contribution in [0.4, 0.5) is 17.1 Å². The Bertz CT molecular complexity index is 826. The monoisotopic (exact) mass is 373 g/mol. The molecule has 0 saturated carbocycles. The second-order valence-electron chi connectivity index (χ2n) is 5.62. The number of nitrogens with zero attached hydrogens (tertiary/aromatic N) is 1. The molecule has 0 unspecified atom stereocenters. The van der Waals surface area contributed by atoms with Gasteiger partial charge in [-0.25, -0.2) is 0 Å². The van der Waals surface area contributed by atoms with Crippen LogP contribution < -0.4 is 10.6 Å². The lowest BCUT2D eigenvalue weighted by atomic mass is 10.1. The summed E-state index contributed by atoms with van der Waals surface area (Å²) in [5.74, 6) is -0.170. The lowest BCUT2D eigenvalue weighted by Crippen LogP contribution is -2.15. The molecule has 0 heterocycles. The lowest BCUT2D eigenvalue weighted by Gasteiger charge is -2.12. The van der Waals surface area contributed by atoms with E-state index in [9.17, 15) is 19.7 Å². The summed E-state index contributed by atoms with van der Waals surface area (Å²) in [5.41, 5.74) is 2.02. The fraction of sp³-hybridized carbons (Fsp3) is 0.222. The van der Waals surface area contributed by atoms with E-state index in [1.807, 2.05) is 6.92 Å². The van der Waals surface area contributed by atoms with Crippen molar-refractivity contribution >= 4 is 40.6 Å². The second-order valence-corrected chi connectivity index (χ2v) is 6.94. The van der Waals surface area contributed by atoms with Gasteiger partial charge in [0.2, 0.25) is 11.8 Å². The molecule has 1 atom stereocenters. The number of amides is 2. The molecule has 2 N–H and O–H groups in total. The van der Waals surface area contributed by atoms with Crippen molar-refractivity contribution < 1.29 is 14.5 Å². The number of nitro benzene ring substituents is 1. The molecule has 0 radical (unpaired) electrons. The number of carbonyl (C=O) groups is 2. The standard InChI is InChI=1S/C18H19N3O4S/c1-12(14-5-3-8-17(9-14)21(24)25)26-11-18(23)20-16-7-4-6-15(10-16)19-13(2)22/h3-10,12H,11H2,1-2H3,(H,19,22)(H,20,23)/t12-/m0/s1. The van der Waals surface area contributed by atoms with Gasteiger partial charge in [-0.15, -0.1) is 11.8 Å². The van der Waals surface area contributed by atoms with Gasteiger partial charge in [0, 0.05) is 35.7 Å². The summed E-state index contributed by atoms with van der Waals surface area (Å²) < 4.78 is 0. The van der Waals surface area contributed by atoms with Gasteiger partial charge < -0.3 is 10.6 Å². The van der Waals surface area contributed by atoms with Gasteiger partial charge >= 0.3 is 0 Å². The first-order valence-electron chi connectivity index (χ1n) is 7.88. The Morgan fingerprint density at radius 2 is 1.77 bits per heavy atom. The SMILES string of the molecule is CC(=O)Nc1cccc(NC(=O)CS[C@@H](C)c2cccc([N+](=O)[O-])c2)c1. The van der Waals surface area contributed by atoms with Crippen molar-refractivity contribution in [2.75, 3.05) is 16.4 Å².